The Bertz CT molecular complexity index is 850. The monoisotopic (exact) mass is 348 g/mol. The molecule has 1 amide bonds. The van der Waals surface area contributed by atoms with E-state index < -0.39 is 15.8 Å². The first kappa shape index (κ1) is 16.6. The van der Waals surface area contributed by atoms with E-state index in [0.717, 1.165) is 17.7 Å². The van der Waals surface area contributed by atoms with Gasteiger partial charge in [-0.3, -0.25) is 4.79 Å². The van der Waals surface area contributed by atoms with Gasteiger partial charge in [0.2, 0.25) is 15.9 Å². The van der Waals surface area contributed by atoms with Crippen LogP contribution in [0.2, 0.25) is 0 Å². The molecule has 0 spiro atoms. The van der Waals surface area contributed by atoms with Crippen molar-refractivity contribution < 1.29 is 17.6 Å². The molecule has 0 unspecified atom stereocenters. The van der Waals surface area contributed by atoms with E-state index in [9.17, 15) is 17.6 Å². The Morgan fingerprint density at radius 3 is 2.58 bits per heavy atom. The van der Waals surface area contributed by atoms with Crippen LogP contribution >= 0.6 is 0 Å². The van der Waals surface area contributed by atoms with Gasteiger partial charge in [0.1, 0.15) is 5.82 Å². The molecule has 1 aliphatic rings. The van der Waals surface area contributed by atoms with Crippen LogP contribution in [0.5, 0.6) is 0 Å². The lowest BCUT2D eigenvalue weighted by Crippen LogP contribution is -2.39. The van der Waals surface area contributed by atoms with E-state index >= 15 is 0 Å². The predicted molar refractivity (Wildman–Crippen MR) is 89.5 cm³/mol. The van der Waals surface area contributed by atoms with E-state index in [-0.39, 0.29) is 18.2 Å². The molecule has 0 saturated heterocycles. The van der Waals surface area contributed by atoms with E-state index in [2.05, 4.69) is 4.72 Å². The van der Waals surface area contributed by atoms with Crippen molar-refractivity contribution in [1.29, 1.82) is 0 Å². The van der Waals surface area contributed by atoms with Gasteiger partial charge < -0.3 is 4.90 Å². The van der Waals surface area contributed by atoms with Crippen LogP contribution in [-0.2, 0) is 27.0 Å². The Morgan fingerprint density at radius 1 is 1.12 bits per heavy atom. The molecule has 1 aliphatic heterocycles. The van der Waals surface area contributed by atoms with Crippen molar-refractivity contribution in [3.63, 3.8) is 0 Å². The lowest BCUT2D eigenvalue weighted by molar-refractivity contribution is -0.117. The number of fused-ring (bicyclic) bond motifs is 1. The van der Waals surface area contributed by atoms with Crippen LogP contribution in [0.25, 0.3) is 0 Å². The van der Waals surface area contributed by atoms with Crippen LogP contribution in [0.4, 0.5) is 10.1 Å². The summed E-state index contributed by atoms with van der Waals surface area (Å²) in [7, 11) is -3.67. The summed E-state index contributed by atoms with van der Waals surface area (Å²) < 4.78 is 39.3. The topological polar surface area (TPSA) is 66.5 Å². The minimum Gasteiger partial charge on any atom is -0.311 e. The Kier molecular flexibility index (Phi) is 4.64. The van der Waals surface area contributed by atoms with Crippen molar-refractivity contribution in [1.82, 2.24) is 4.72 Å². The zero-order valence-corrected chi connectivity index (χ0v) is 13.7. The standard InChI is InChI=1S/C17H17FN2O3S/c18-15-7-5-13(6-8-15)12-24(22,23)19-11-17(21)20-10-9-14-3-1-2-4-16(14)20/h1-8,19H,9-12H2. The fraction of sp³-hybridized carbons (Fsp3) is 0.235. The maximum Gasteiger partial charge on any atom is 0.242 e. The molecular formula is C17H17FN2O3S. The minimum atomic E-state index is -3.67. The number of carbonyl (C=O) groups is 1. The fourth-order valence-electron chi connectivity index (χ4n) is 2.72. The van der Waals surface area contributed by atoms with Crippen molar-refractivity contribution in [3.05, 3.63) is 65.5 Å². The molecule has 0 radical (unpaired) electrons. The lowest BCUT2D eigenvalue weighted by Gasteiger charge is -2.17. The molecule has 1 heterocycles. The molecule has 0 atom stereocenters. The van der Waals surface area contributed by atoms with Gasteiger partial charge >= 0.3 is 0 Å². The lowest BCUT2D eigenvalue weighted by atomic mass is 10.2. The van der Waals surface area contributed by atoms with E-state index in [1.807, 2.05) is 24.3 Å². The summed E-state index contributed by atoms with van der Waals surface area (Å²) in [6.07, 6.45) is 0.768. The SMILES string of the molecule is O=C(CNS(=O)(=O)Cc1ccc(F)cc1)N1CCc2ccccc21. The number of hydrogen-bond donors (Lipinski definition) is 1. The van der Waals surface area contributed by atoms with Crippen LogP contribution in [0, 0.1) is 5.82 Å². The van der Waals surface area contributed by atoms with E-state index in [4.69, 9.17) is 0 Å². The first-order valence-electron chi connectivity index (χ1n) is 7.55. The third-order valence-corrected chi connectivity index (χ3v) is 5.20. The number of rotatable bonds is 5. The van der Waals surface area contributed by atoms with Crippen molar-refractivity contribution in [2.75, 3.05) is 18.0 Å². The smallest absolute Gasteiger partial charge is 0.242 e. The van der Waals surface area contributed by atoms with Crippen molar-refractivity contribution in [2.45, 2.75) is 12.2 Å². The Balaban J connectivity index is 1.61. The summed E-state index contributed by atoms with van der Waals surface area (Å²) in [6.45, 7) is 0.260. The normalized spacial score (nSPS) is 13.8. The molecule has 126 valence electrons. The number of hydrogen-bond acceptors (Lipinski definition) is 3. The quantitative estimate of drug-likeness (QED) is 0.896. The van der Waals surface area contributed by atoms with Gasteiger partial charge in [-0.15, -0.1) is 0 Å². The highest BCUT2D eigenvalue weighted by Gasteiger charge is 2.25. The highest BCUT2D eigenvalue weighted by atomic mass is 32.2. The number of para-hydroxylation sites is 1. The van der Waals surface area contributed by atoms with Crippen molar-refractivity contribution in [2.24, 2.45) is 0 Å². The molecule has 0 fully saturated rings. The minimum absolute atomic E-state index is 0.289. The second-order valence-electron chi connectivity index (χ2n) is 5.63. The number of halogens is 1. The van der Waals surface area contributed by atoms with Crippen LogP contribution in [0.1, 0.15) is 11.1 Å². The zero-order chi connectivity index (χ0) is 17.2. The average Bonchev–Trinajstić information content (AvgIpc) is 2.99. The van der Waals surface area contributed by atoms with E-state index in [0.29, 0.717) is 12.1 Å². The third kappa shape index (κ3) is 3.80. The third-order valence-electron chi connectivity index (χ3n) is 3.90. The number of benzene rings is 2. The molecule has 2 aromatic carbocycles. The molecule has 0 saturated carbocycles. The Morgan fingerprint density at radius 2 is 1.83 bits per heavy atom. The predicted octanol–water partition coefficient (Wildman–Crippen LogP) is 1.83. The molecule has 0 aromatic heterocycles. The highest BCUT2D eigenvalue weighted by Crippen LogP contribution is 2.27. The summed E-state index contributed by atoms with van der Waals surface area (Å²) in [5.41, 5.74) is 2.38. The highest BCUT2D eigenvalue weighted by molar-refractivity contribution is 7.88. The molecular weight excluding hydrogens is 331 g/mol. The van der Waals surface area contributed by atoms with Crippen LogP contribution in [0.3, 0.4) is 0 Å². The molecule has 7 heteroatoms. The van der Waals surface area contributed by atoms with E-state index in [1.54, 1.807) is 4.90 Å². The van der Waals surface area contributed by atoms with Crippen LogP contribution < -0.4 is 9.62 Å². The number of carbonyl (C=O) groups excluding carboxylic acids is 1. The molecule has 0 bridgehead atoms. The number of sulfonamides is 1. The summed E-state index contributed by atoms with van der Waals surface area (Å²) in [4.78, 5) is 13.9. The number of nitrogens with one attached hydrogen (secondary N) is 1. The van der Waals surface area contributed by atoms with Gasteiger partial charge in [-0.2, -0.15) is 0 Å². The summed E-state index contributed by atoms with van der Waals surface area (Å²) in [6, 6.07) is 12.8. The first-order chi connectivity index (χ1) is 11.4. The summed E-state index contributed by atoms with van der Waals surface area (Å²) in [5.74, 6) is -1.01. The van der Waals surface area contributed by atoms with Gasteiger partial charge in [0.25, 0.3) is 0 Å². The number of anilines is 1. The summed E-state index contributed by atoms with van der Waals surface area (Å²) in [5, 5.41) is 0. The van der Waals surface area contributed by atoms with Crippen LogP contribution in [0.15, 0.2) is 48.5 Å². The maximum absolute atomic E-state index is 12.9. The number of nitrogens with zero attached hydrogens (tertiary/aromatic N) is 1. The largest absolute Gasteiger partial charge is 0.311 e. The fourth-order valence-corrected chi connectivity index (χ4v) is 3.79. The van der Waals surface area contributed by atoms with Gasteiger partial charge in [-0.25, -0.2) is 17.5 Å². The average molecular weight is 348 g/mol. The van der Waals surface area contributed by atoms with Gasteiger partial charge in [-0.05, 0) is 35.7 Å². The molecule has 3 rings (SSSR count). The maximum atomic E-state index is 12.9. The molecule has 24 heavy (non-hydrogen) atoms. The first-order valence-corrected chi connectivity index (χ1v) is 9.20. The molecule has 5 nitrogen and oxygen atoms in total. The Hall–Kier alpha value is -2.25. The zero-order valence-electron chi connectivity index (χ0n) is 12.9. The van der Waals surface area contributed by atoms with Crippen molar-refractivity contribution in [3.8, 4) is 0 Å². The summed E-state index contributed by atoms with van der Waals surface area (Å²) >= 11 is 0. The second-order valence-corrected chi connectivity index (χ2v) is 7.44. The van der Waals surface area contributed by atoms with E-state index in [1.165, 1.54) is 24.3 Å². The van der Waals surface area contributed by atoms with Gasteiger partial charge in [-0.1, -0.05) is 30.3 Å². The van der Waals surface area contributed by atoms with Crippen molar-refractivity contribution >= 4 is 21.6 Å². The van der Waals surface area contributed by atoms with Gasteiger partial charge in [0.05, 0.1) is 12.3 Å². The van der Waals surface area contributed by atoms with Gasteiger partial charge in [0, 0.05) is 12.2 Å². The van der Waals surface area contributed by atoms with Gasteiger partial charge in [0.15, 0.2) is 0 Å². The Labute approximate surface area is 140 Å². The number of amides is 1. The molecule has 0 aliphatic carbocycles. The molecule has 2 aromatic rings. The van der Waals surface area contributed by atoms with Crippen LogP contribution in [-0.4, -0.2) is 27.4 Å². The second kappa shape index (κ2) is 6.70. The molecule has 1 N–H and O–H groups in total.